The van der Waals surface area contributed by atoms with Gasteiger partial charge >= 0.3 is 0 Å². The first-order valence-electron chi connectivity index (χ1n) is 6.12. The van der Waals surface area contributed by atoms with Gasteiger partial charge in [0.25, 0.3) is 0 Å². The zero-order chi connectivity index (χ0) is 10.4. The van der Waals surface area contributed by atoms with Crippen LogP contribution >= 0.6 is 0 Å². The van der Waals surface area contributed by atoms with Gasteiger partial charge in [0.2, 0.25) is 0 Å². The first kappa shape index (κ1) is 9.41. The van der Waals surface area contributed by atoms with Crippen LogP contribution in [0.15, 0.2) is 24.3 Å². The molecule has 0 saturated heterocycles. The monoisotopic (exact) mass is 201 g/mol. The molecule has 4 atom stereocenters. The van der Waals surface area contributed by atoms with Crippen molar-refractivity contribution in [3.05, 3.63) is 35.4 Å². The third kappa shape index (κ3) is 1.26. The van der Waals surface area contributed by atoms with Crippen LogP contribution in [0.1, 0.15) is 36.8 Å². The number of hydrogen-bond acceptors (Lipinski definition) is 1. The maximum Gasteiger partial charge on any atom is 0.0105 e. The normalized spacial score (nSPS) is 38.5. The Labute approximate surface area is 91.7 Å². The second-order valence-electron chi connectivity index (χ2n) is 5.22. The first-order chi connectivity index (χ1) is 7.29. The van der Waals surface area contributed by atoms with Gasteiger partial charge in [-0.1, -0.05) is 31.2 Å². The van der Waals surface area contributed by atoms with Crippen molar-refractivity contribution in [2.45, 2.75) is 38.1 Å². The fraction of sp³-hybridized carbons (Fsp3) is 0.571. The van der Waals surface area contributed by atoms with Crippen LogP contribution in [0.3, 0.4) is 0 Å². The first-order valence-corrected chi connectivity index (χ1v) is 6.12. The van der Waals surface area contributed by atoms with Crippen LogP contribution in [0.4, 0.5) is 0 Å². The fourth-order valence-corrected chi connectivity index (χ4v) is 3.61. The molecule has 1 aromatic rings. The predicted octanol–water partition coefficient (Wildman–Crippen LogP) is 2.70. The number of fused-ring (bicyclic) bond motifs is 3. The highest BCUT2D eigenvalue weighted by atomic mass is 14.8. The van der Waals surface area contributed by atoms with Gasteiger partial charge in [0.05, 0.1) is 0 Å². The average molecular weight is 201 g/mol. The van der Waals surface area contributed by atoms with E-state index < -0.39 is 0 Å². The zero-order valence-corrected chi connectivity index (χ0v) is 9.32. The molecule has 4 unspecified atom stereocenters. The molecule has 80 valence electrons. The van der Waals surface area contributed by atoms with Gasteiger partial charge in [0.15, 0.2) is 0 Å². The minimum absolute atomic E-state index is 0.446. The molecule has 0 radical (unpaired) electrons. The lowest BCUT2D eigenvalue weighted by Crippen LogP contribution is -2.53. The van der Waals surface area contributed by atoms with Gasteiger partial charge in [-0.3, -0.25) is 0 Å². The van der Waals surface area contributed by atoms with Crippen LogP contribution < -0.4 is 5.73 Å². The Morgan fingerprint density at radius 3 is 2.93 bits per heavy atom. The van der Waals surface area contributed by atoms with Gasteiger partial charge in [-0.25, -0.2) is 0 Å². The lowest BCUT2D eigenvalue weighted by Gasteiger charge is -2.49. The smallest absolute Gasteiger partial charge is 0.0105 e. The van der Waals surface area contributed by atoms with Crippen LogP contribution in [0.25, 0.3) is 0 Å². The van der Waals surface area contributed by atoms with E-state index in [4.69, 9.17) is 5.73 Å². The quantitative estimate of drug-likeness (QED) is 0.686. The summed E-state index contributed by atoms with van der Waals surface area (Å²) in [5.41, 5.74) is 9.37. The summed E-state index contributed by atoms with van der Waals surface area (Å²) in [6.07, 6.45) is 3.89. The van der Waals surface area contributed by atoms with Crippen molar-refractivity contribution >= 4 is 0 Å². The van der Waals surface area contributed by atoms with Crippen molar-refractivity contribution in [1.82, 2.24) is 0 Å². The molecule has 1 heteroatoms. The summed E-state index contributed by atoms with van der Waals surface area (Å²) in [6.45, 7) is 2.31. The molecule has 0 bridgehead atoms. The Balaban J connectivity index is 2.03. The highest BCUT2D eigenvalue weighted by molar-refractivity contribution is 5.35. The molecular weight excluding hydrogens is 182 g/mol. The van der Waals surface area contributed by atoms with Crippen molar-refractivity contribution in [1.29, 1.82) is 0 Å². The second kappa shape index (κ2) is 3.34. The summed E-state index contributed by atoms with van der Waals surface area (Å²) in [6, 6.07) is 9.41. The Bertz CT molecular complexity index is 371. The molecule has 0 heterocycles. The summed E-state index contributed by atoms with van der Waals surface area (Å²) in [5.74, 6) is 2.18. The minimum Gasteiger partial charge on any atom is -0.327 e. The molecule has 2 N–H and O–H groups in total. The lowest BCUT2D eigenvalue weighted by atomic mass is 9.58. The molecule has 2 aliphatic carbocycles. The maximum absolute atomic E-state index is 6.20. The van der Waals surface area contributed by atoms with Gasteiger partial charge in [-0.15, -0.1) is 0 Å². The van der Waals surface area contributed by atoms with Crippen LogP contribution in [-0.4, -0.2) is 6.04 Å². The number of rotatable bonds is 0. The van der Waals surface area contributed by atoms with Crippen molar-refractivity contribution in [2.24, 2.45) is 17.6 Å². The molecule has 1 nitrogen and oxygen atoms in total. The van der Waals surface area contributed by atoms with E-state index in [1.807, 2.05) is 0 Å². The van der Waals surface area contributed by atoms with Crippen molar-refractivity contribution in [3.8, 4) is 0 Å². The predicted molar refractivity (Wildman–Crippen MR) is 62.8 cm³/mol. The molecule has 15 heavy (non-hydrogen) atoms. The largest absolute Gasteiger partial charge is 0.327 e. The van der Waals surface area contributed by atoms with Crippen LogP contribution in [-0.2, 0) is 6.42 Å². The van der Waals surface area contributed by atoms with E-state index in [1.54, 1.807) is 11.1 Å². The van der Waals surface area contributed by atoms with Gasteiger partial charge in [0.1, 0.15) is 0 Å². The highest BCUT2D eigenvalue weighted by Gasteiger charge is 2.47. The molecule has 1 aromatic carbocycles. The Kier molecular flexibility index (Phi) is 2.10. The molecule has 2 aliphatic rings. The van der Waals surface area contributed by atoms with E-state index in [-0.39, 0.29) is 0 Å². The van der Waals surface area contributed by atoms with Gasteiger partial charge in [0, 0.05) is 6.04 Å². The van der Waals surface area contributed by atoms with Crippen LogP contribution in [0.2, 0.25) is 0 Å². The van der Waals surface area contributed by atoms with E-state index in [0.29, 0.717) is 12.0 Å². The summed E-state index contributed by atoms with van der Waals surface area (Å²) in [5, 5.41) is 0. The Hall–Kier alpha value is -0.820. The van der Waals surface area contributed by atoms with Crippen LogP contribution in [0.5, 0.6) is 0 Å². The average Bonchev–Trinajstić information content (AvgIpc) is 2.45. The number of benzene rings is 1. The van der Waals surface area contributed by atoms with E-state index in [1.165, 1.54) is 19.3 Å². The molecular formula is C14H19N. The third-order valence-corrected chi connectivity index (χ3v) is 4.53. The standard InChI is InChI=1S/C14H19N/c1-9-13-11-7-3-2-5-10(11)6-4-8-12(13)14(9)15/h2-3,5,7,9,12-14H,4,6,8,15H2,1H3. The molecule has 0 aromatic heterocycles. The summed E-state index contributed by atoms with van der Waals surface area (Å²) in [7, 11) is 0. The molecule has 0 aliphatic heterocycles. The van der Waals surface area contributed by atoms with E-state index >= 15 is 0 Å². The minimum atomic E-state index is 0.446. The lowest BCUT2D eigenvalue weighted by molar-refractivity contribution is 0.107. The zero-order valence-electron chi connectivity index (χ0n) is 9.32. The SMILES string of the molecule is CC1C(N)C2CCCc3ccccc3C12. The molecule has 0 amide bonds. The Morgan fingerprint density at radius 1 is 1.27 bits per heavy atom. The summed E-state index contributed by atoms with van der Waals surface area (Å²) < 4.78 is 0. The third-order valence-electron chi connectivity index (χ3n) is 4.53. The Morgan fingerprint density at radius 2 is 2.07 bits per heavy atom. The molecule has 0 spiro atoms. The van der Waals surface area contributed by atoms with E-state index in [9.17, 15) is 0 Å². The van der Waals surface area contributed by atoms with Gasteiger partial charge in [-0.05, 0) is 48.1 Å². The summed E-state index contributed by atoms with van der Waals surface area (Å²) in [4.78, 5) is 0. The second-order valence-corrected chi connectivity index (χ2v) is 5.22. The van der Waals surface area contributed by atoms with Crippen LogP contribution in [0, 0.1) is 11.8 Å². The van der Waals surface area contributed by atoms with Crippen molar-refractivity contribution in [3.63, 3.8) is 0 Å². The number of aryl methyl sites for hydroxylation is 1. The van der Waals surface area contributed by atoms with Gasteiger partial charge < -0.3 is 5.73 Å². The van der Waals surface area contributed by atoms with E-state index in [0.717, 1.165) is 11.8 Å². The molecule has 3 rings (SSSR count). The van der Waals surface area contributed by atoms with Crippen molar-refractivity contribution in [2.75, 3.05) is 0 Å². The number of nitrogens with two attached hydrogens (primary N) is 1. The molecule has 1 saturated carbocycles. The maximum atomic E-state index is 6.20. The fourth-order valence-electron chi connectivity index (χ4n) is 3.61. The highest BCUT2D eigenvalue weighted by Crippen LogP contribution is 2.51. The molecule has 1 fully saturated rings. The topological polar surface area (TPSA) is 26.0 Å². The number of hydrogen-bond donors (Lipinski definition) is 1. The van der Waals surface area contributed by atoms with Gasteiger partial charge in [-0.2, -0.15) is 0 Å². The van der Waals surface area contributed by atoms with E-state index in [2.05, 4.69) is 31.2 Å². The van der Waals surface area contributed by atoms with Crippen molar-refractivity contribution < 1.29 is 0 Å². The summed E-state index contributed by atoms with van der Waals surface area (Å²) >= 11 is 0.